The molecule has 21 heavy (non-hydrogen) atoms. The van der Waals surface area contributed by atoms with Crippen molar-refractivity contribution < 1.29 is 9.53 Å². The lowest BCUT2D eigenvalue weighted by atomic mass is 10.2. The number of aromatic nitrogens is 1. The summed E-state index contributed by atoms with van der Waals surface area (Å²) in [5.41, 5.74) is 1.43. The van der Waals surface area contributed by atoms with Crippen LogP contribution in [0.5, 0.6) is 5.88 Å². The maximum absolute atomic E-state index is 11.9. The predicted octanol–water partition coefficient (Wildman–Crippen LogP) is 3.95. The van der Waals surface area contributed by atoms with Gasteiger partial charge in [0.05, 0.1) is 17.2 Å². The van der Waals surface area contributed by atoms with Crippen molar-refractivity contribution in [3.8, 4) is 5.88 Å². The van der Waals surface area contributed by atoms with Gasteiger partial charge in [-0.25, -0.2) is 4.79 Å². The van der Waals surface area contributed by atoms with Crippen molar-refractivity contribution in [2.24, 2.45) is 0 Å². The molecule has 0 aliphatic rings. The summed E-state index contributed by atoms with van der Waals surface area (Å²) in [6, 6.07) is 14.6. The zero-order chi connectivity index (χ0) is 14.7. The van der Waals surface area contributed by atoms with Gasteiger partial charge in [-0.1, -0.05) is 18.2 Å². The zero-order valence-electron chi connectivity index (χ0n) is 11.3. The fourth-order valence-corrected chi connectivity index (χ4v) is 2.68. The van der Waals surface area contributed by atoms with E-state index >= 15 is 0 Å². The highest BCUT2D eigenvalue weighted by Crippen LogP contribution is 2.30. The summed E-state index contributed by atoms with van der Waals surface area (Å²) < 4.78 is 10.4. The lowest BCUT2D eigenvalue weighted by molar-refractivity contribution is 0.262. The molecule has 0 fully saturated rings. The van der Waals surface area contributed by atoms with Crippen molar-refractivity contribution in [2.75, 3.05) is 17.7 Å². The molecule has 0 radical (unpaired) electrons. The number of methoxy groups -OCH3 is 1. The molecule has 0 aliphatic heterocycles. The summed E-state index contributed by atoms with van der Waals surface area (Å²) in [6.45, 7) is 0. The summed E-state index contributed by atoms with van der Waals surface area (Å²) in [4.78, 5) is 11.9. The Hall–Kier alpha value is -2.60. The van der Waals surface area contributed by atoms with Crippen LogP contribution in [0.25, 0.3) is 10.1 Å². The molecule has 3 rings (SSSR count). The molecule has 106 valence electrons. The minimum Gasteiger partial charge on any atom is -0.480 e. The van der Waals surface area contributed by atoms with E-state index in [-0.39, 0.29) is 6.03 Å². The number of nitrogens with zero attached hydrogens (tertiary/aromatic N) is 1. The number of fused-ring (bicyclic) bond motifs is 1. The van der Waals surface area contributed by atoms with Crippen molar-refractivity contribution in [3.05, 3.63) is 48.5 Å². The molecule has 5 nitrogen and oxygen atoms in total. The number of amides is 2. The van der Waals surface area contributed by atoms with Crippen LogP contribution in [0.1, 0.15) is 0 Å². The van der Waals surface area contributed by atoms with Gasteiger partial charge < -0.3 is 15.4 Å². The molecule has 3 aromatic rings. The number of benzene rings is 2. The van der Waals surface area contributed by atoms with Crippen molar-refractivity contribution in [1.82, 2.24) is 4.37 Å². The van der Waals surface area contributed by atoms with E-state index in [1.54, 1.807) is 7.11 Å². The number of ether oxygens (including phenoxy) is 1. The third-order valence-electron chi connectivity index (χ3n) is 2.92. The SMILES string of the molecule is COc1nsc2ccc(NC(=O)Nc3ccccc3)cc12. The third-order valence-corrected chi connectivity index (χ3v) is 3.73. The first-order valence-corrected chi connectivity index (χ1v) is 7.10. The van der Waals surface area contributed by atoms with Gasteiger partial charge in [0.1, 0.15) is 0 Å². The van der Waals surface area contributed by atoms with E-state index in [4.69, 9.17) is 4.74 Å². The topological polar surface area (TPSA) is 63.2 Å². The van der Waals surface area contributed by atoms with Gasteiger partial charge in [-0.15, -0.1) is 0 Å². The van der Waals surface area contributed by atoms with Crippen LogP contribution in [-0.2, 0) is 0 Å². The second-order valence-corrected chi connectivity index (χ2v) is 5.15. The molecule has 0 bridgehead atoms. The summed E-state index contributed by atoms with van der Waals surface area (Å²) >= 11 is 1.37. The largest absolute Gasteiger partial charge is 0.480 e. The van der Waals surface area contributed by atoms with Gasteiger partial charge in [0.2, 0.25) is 5.88 Å². The molecule has 0 unspecified atom stereocenters. The fraction of sp³-hybridized carbons (Fsp3) is 0.0667. The Morgan fingerprint density at radius 1 is 1.10 bits per heavy atom. The highest BCUT2D eigenvalue weighted by molar-refractivity contribution is 7.13. The van der Waals surface area contributed by atoms with Gasteiger partial charge in [-0.2, -0.15) is 4.37 Å². The normalized spacial score (nSPS) is 10.3. The Balaban J connectivity index is 1.76. The van der Waals surface area contributed by atoms with Gasteiger partial charge in [-0.3, -0.25) is 0 Å². The van der Waals surface area contributed by atoms with Crippen LogP contribution in [0.3, 0.4) is 0 Å². The number of hydrogen-bond acceptors (Lipinski definition) is 4. The summed E-state index contributed by atoms with van der Waals surface area (Å²) in [6.07, 6.45) is 0. The standard InChI is InChI=1S/C15H13N3O2S/c1-20-14-12-9-11(7-8-13(12)21-18-14)17-15(19)16-10-5-3-2-4-6-10/h2-9H,1H3,(H2,16,17,19). The highest BCUT2D eigenvalue weighted by Gasteiger charge is 2.08. The number of carbonyl (C=O) groups excluding carboxylic acids is 1. The Morgan fingerprint density at radius 3 is 2.62 bits per heavy atom. The molecule has 6 heteroatoms. The van der Waals surface area contributed by atoms with Crippen molar-refractivity contribution in [1.29, 1.82) is 0 Å². The minimum absolute atomic E-state index is 0.289. The quantitative estimate of drug-likeness (QED) is 0.769. The van der Waals surface area contributed by atoms with E-state index in [0.29, 0.717) is 11.6 Å². The Morgan fingerprint density at radius 2 is 1.86 bits per heavy atom. The van der Waals surface area contributed by atoms with Crippen LogP contribution >= 0.6 is 11.5 Å². The molecular weight excluding hydrogens is 286 g/mol. The fourth-order valence-electron chi connectivity index (χ4n) is 1.96. The average Bonchev–Trinajstić information content (AvgIpc) is 2.90. The molecule has 1 heterocycles. The van der Waals surface area contributed by atoms with E-state index in [2.05, 4.69) is 15.0 Å². The summed E-state index contributed by atoms with van der Waals surface area (Å²) in [5, 5.41) is 6.45. The van der Waals surface area contributed by atoms with Gasteiger partial charge in [-0.05, 0) is 41.9 Å². The molecule has 0 saturated heterocycles. The first-order valence-electron chi connectivity index (χ1n) is 6.33. The monoisotopic (exact) mass is 299 g/mol. The molecule has 0 atom stereocenters. The Labute approximate surface area is 125 Å². The van der Waals surface area contributed by atoms with Crippen molar-refractivity contribution in [2.45, 2.75) is 0 Å². The second-order valence-electron chi connectivity index (χ2n) is 4.35. The molecular formula is C15H13N3O2S. The van der Waals surface area contributed by atoms with E-state index in [1.165, 1.54) is 11.5 Å². The van der Waals surface area contributed by atoms with Crippen molar-refractivity contribution >= 4 is 39.0 Å². The maximum Gasteiger partial charge on any atom is 0.323 e. The van der Waals surface area contributed by atoms with Crippen LogP contribution in [0.15, 0.2) is 48.5 Å². The van der Waals surface area contributed by atoms with Crippen LogP contribution < -0.4 is 15.4 Å². The molecule has 0 spiro atoms. The number of carbonyl (C=O) groups is 1. The smallest absolute Gasteiger partial charge is 0.323 e. The Bertz CT molecular complexity index is 771. The number of nitrogens with one attached hydrogen (secondary N) is 2. The lowest BCUT2D eigenvalue weighted by Crippen LogP contribution is -2.19. The lowest BCUT2D eigenvalue weighted by Gasteiger charge is -2.07. The number of urea groups is 1. The average molecular weight is 299 g/mol. The number of anilines is 2. The molecule has 0 aliphatic carbocycles. The van der Waals surface area contributed by atoms with Crippen LogP contribution in [0, 0.1) is 0 Å². The number of hydrogen-bond donors (Lipinski definition) is 2. The maximum atomic E-state index is 11.9. The Kier molecular flexibility index (Phi) is 3.70. The summed E-state index contributed by atoms with van der Waals surface area (Å²) in [7, 11) is 1.58. The van der Waals surface area contributed by atoms with Crippen LogP contribution in [0.4, 0.5) is 16.2 Å². The minimum atomic E-state index is -0.289. The molecule has 0 saturated carbocycles. The van der Waals surface area contributed by atoms with Gasteiger partial charge in [0.15, 0.2) is 0 Å². The van der Waals surface area contributed by atoms with Crippen LogP contribution in [-0.4, -0.2) is 17.5 Å². The van der Waals surface area contributed by atoms with Gasteiger partial charge in [0, 0.05) is 11.4 Å². The van der Waals surface area contributed by atoms with E-state index in [0.717, 1.165) is 15.8 Å². The molecule has 2 N–H and O–H groups in total. The molecule has 2 amide bonds. The second kappa shape index (κ2) is 5.80. The van der Waals surface area contributed by atoms with Crippen molar-refractivity contribution in [3.63, 3.8) is 0 Å². The summed E-state index contributed by atoms with van der Waals surface area (Å²) in [5.74, 6) is 0.571. The number of rotatable bonds is 3. The van der Waals surface area contributed by atoms with E-state index in [9.17, 15) is 4.79 Å². The first-order chi connectivity index (χ1) is 10.3. The molecule has 2 aromatic carbocycles. The predicted molar refractivity (Wildman–Crippen MR) is 85.3 cm³/mol. The van der Waals surface area contributed by atoms with Crippen LogP contribution in [0.2, 0.25) is 0 Å². The third kappa shape index (κ3) is 2.95. The van der Waals surface area contributed by atoms with Gasteiger partial charge in [0.25, 0.3) is 0 Å². The van der Waals surface area contributed by atoms with E-state index in [1.807, 2.05) is 48.5 Å². The molecule has 1 aromatic heterocycles. The zero-order valence-corrected chi connectivity index (χ0v) is 12.1. The highest BCUT2D eigenvalue weighted by atomic mass is 32.1. The number of para-hydroxylation sites is 1. The first kappa shape index (κ1) is 13.4. The van der Waals surface area contributed by atoms with E-state index < -0.39 is 0 Å². The van der Waals surface area contributed by atoms with Gasteiger partial charge >= 0.3 is 6.03 Å².